The number of carbonyl (C=O) groups excluding carboxylic acids is 1. The fourth-order valence-electron chi connectivity index (χ4n) is 1.42. The van der Waals surface area contributed by atoms with E-state index in [9.17, 15) is 4.79 Å². The second kappa shape index (κ2) is 7.04. The van der Waals surface area contributed by atoms with Crippen LogP contribution in [0.5, 0.6) is 0 Å². The molecular formula is C13H20N2O2. The lowest BCUT2D eigenvalue weighted by atomic mass is 10.0. The summed E-state index contributed by atoms with van der Waals surface area (Å²) in [4.78, 5) is 11.5. The maximum absolute atomic E-state index is 11.5. The van der Waals surface area contributed by atoms with Crippen LogP contribution in [-0.4, -0.2) is 25.7 Å². The van der Waals surface area contributed by atoms with Gasteiger partial charge in [0.2, 0.25) is 5.91 Å². The van der Waals surface area contributed by atoms with Crippen LogP contribution in [0.25, 0.3) is 0 Å². The molecule has 3 N–H and O–H groups in total. The molecule has 0 aliphatic rings. The molecule has 17 heavy (non-hydrogen) atoms. The number of amides is 1. The van der Waals surface area contributed by atoms with Crippen molar-refractivity contribution in [2.75, 3.05) is 25.1 Å². The van der Waals surface area contributed by atoms with Crippen molar-refractivity contribution in [2.24, 2.45) is 5.73 Å². The van der Waals surface area contributed by atoms with E-state index in [0.29, 0.717) is 19.1 Å². The van der Waals surface area contributed by atoms with E-state index in [2.05, 4.69) is 19.2 Å². The SMILES string of the molecule is CC(C)c1cccc(NC(=O)COCCN)c1. The Hall–Kier alpha value is -1.39. The van der Waals surface area contributed by atoms with E-state index in [4.69, 9.17) is 10.5 Å². The quantitative estimate of drug-likeness (QED) is 0.739. The first-order valence-corrected chi connectivity index (χ1v) is 5.81. The van der Waals surface area contributed by atoms with Gasteiger partial charge in [0, 0.05) is 12.2 Å². The zero-order valence-corrected chi connectivity index (χ0v) is 10.4. The molecule has 0 fully saturated rings. The Balaban J connectivity index is 2.50. The first-order chi connectivity index (χ1) is 8.13. The Morgan fingerprint density at radius 1 is 1.47 bits per heavy atom. The lowest BCUT2D eigenvalue weighted by molar-refractivity contribution is -0.120. The molecule has 4 nitrogen and oxygen atoms in total. The molecule has 0 atom stereocenters. The lowest BCUT2D eigenvalue weighted by Gasteiger charge is -2.09. The highest BCUT2D eigenvalue weighted by molar-refractivity contribution is 5.91. The fraction of sp³-hybridized carbons (Fsp3) is 0.462. The zero-order valence-electron chi connectivity index (χ0n) is 10.4. The molecule has 0 saturated heterocycles. The summed E-state index contributed by atoms with van der Waals surface area (Å²) in [7, 11) is 0. The molecule has 0 aliphatic heterocycles. The average Bonchev–Trinajstić information content (AvgIpc) is 2.29. The molecule has 1 amide bonds. The largest absolute Gasteiger partial charge is 0.370 e. The van der Waals surface area contributed by atoms with E-state index in [0.717, 1.165) is 5.69 Å². The molecule has 94 valence electrons. The van der Waals surface area contributed by atoms with Gasteiger partial charge in [-0.1, -0.05) is 26.0 Å². The van der Waals surface area contributed by atoms with E-state index in [1.807, 2.05) is 24.3 Å². The normalized spacial score (nSPS) is 10.6. The van der Waals surface area contributed by atoms with Crippen molar-refractivity contribution >= 4 is 11.6 Å². The molecule has 1 aromatic carbocycles. The van der Waals surface area contributed by atoms with Gasteiger partial charge in [0.1, 0.15) is 6.61 Å². The van der Waals surface area contributed by atoms with E-state index in [1.165, 1.54) is 5.56 Å². The van der Waals surface area contributed by atoms with Crippen molar-refractivity contribution in [1.29, 1.82) is 0 Å². The Morgan fingerprint density at radius 3 is 2.88 bits per heavy atom. The molecule has 0 radical (unpaired) electrons. The van der Waals surface area contributed by atoms with Crippen LogP contribution in [-0.2, 0) is 9.53 Å². The standard InChI is InChI=1S/C13H20N2O2/c1-10(2)11-4-3-5-12(8-11)15-13(16)9-17-7-6-14/h3-5,8,10H,6-7,9,14H2,1-2H3,(H,15,16). The molecule has 0 unspecified atom stereocenters. The molecule has 4 heteroatoms. The molecular weight excluding hydrogens is 216 g/mol. The van der Waals surface area contributed by atoms with Crippen LogP contribution in [0.15, 0.2) is 24.3 Å². The van der Waals surface area contributed by atoms with E-state index in [1.54, 1.807) is 0 Å². The van der Waals surface area contributed by atoms with Gasteiger partial charge in [0.05, 0.1) is 6.61 Å². The molecule has 0 saturated carbocycles. The number of ether oxygens (including phenoxy) is 1. The van der Waals surface area contributed by atoms with Gasteiger partial charge in [-0.05, 0) is 23.6 Å². The van der Waals surface area contributed by atoms with Gasteiger partial charge in [0.15, 0.2) is 0 Å². The predicted molar refractivity (Wildman–Crippen MR) is 69.0 cm³/mol. The van der Waals surface area contributed by atoms with E-state index in [-0.39, 0.29) is 12.5 Å². The summed E-state index contributed by atoms with van der Waals surface area (Å²) in [6.07, 6.45) is 0. The lowest BCUT2D eigenvalue weighted by Crippen LogP contribution is -2.20. The summed E-state index contributed by atoms with van der Waals surface area (Å²) in [6.45, 7) is 5.11. The summed E-state index contributed by atoms with van der Waals surface area (Å²) in [5, 5.41) is 2.79. The number of anilines is 1. The number of carbonyl (C=O) groups is 1. The Kier molecular flexibility index (Phi) is 5.66. The second-order valence-corrected chi connectivity index (χ2v) is 4.17. The number of hydrogen-bond donors (Lipinski definition) is 2. The minimum atomic E-state index is -0.153. The molecule has 0 heterocycles. The molecule has 0 bridgehead atoms. The molecule has 0 aromatic heterocycles. The summed E-state index contributed by atoms with van der Waals surface area (Å²) in [5.41, 5.74) is 7.27. The Labute approximate surface area is 102 Å². The molecule has 1 rings (SSSR count). The fourth-order valence-corrected chi connectivity index (χ4v) is 1.42. The highest BCUT2D eigenvalue weighted by atomic mass is 16.5. The van der Waals surface area contributed by atoms with Gasteiger partial charge in [0.25, 0.3) is 0 Å². The van der Waals surface area contributed by atoms with Gasteiger partial charge < -0.3 is 15.8 Å². The maximum atomic E-state index is 11.5. The van der Waals surface area contributed by atoms with Gasteiger partial charge in [-0.15, -0.1) is 0 Å². The first-order valence-electron chi connectivity index (χ1n) is 5.81. The van der Waals surface area contributed by atoms with Crippen LogP contribution in [0.2, 0.25) is 0 Å². The maximum Gasteiger partial charge on any atom is 0.250 e. The van der Waals surface area contributed by atoms with Crippen LogP contribution in [0.4, 0.5) is 5.69 Å². The summed E-state index contributed by atoms with van der Waals surface area (Å²) in [5.74, 6) is 0.291. The smallest absolute Gasteiger partial charge is 0.250 e. The van der Waals surface area contributed by atoms with Crippen LogP contribution in [0.1, 0.15) is 25.3 Å². The van der Waals surface area contributed by atoms with Crippen molar-refractivity contribution in [1.82, 2.24) is 0 Å². The minimum Gasteiger partial charge on any atom is -0.370 e. The van der Waals surface area contributed by atoms with Crippen molar-refractivity contribution < 1.29 is 9.53 Å². The van der Waals surface area contributed by atoms with Crippen LogP contribution in [0, 0.1) is 0 Å². The topological polar surface area (TPSA) is 64.3 Å². The van der Waals surface area contributed by atoms with Crippen LogP contribution >= 0.6 is 0 Å². The number of rotatable bonds is 6. The third kappa shape index (κ3) is 4.97. The van der Waals surface area contributed by atoms with E-state index < -0.39 is 0 Å². The average molecular weight is 236 g/mol. The van der Waals surface area contributed by atoms with Crippen molar-refractivity contribution in [3.8, 4) is 0 Å². The third-order valence-corrected chi connectivity index (χ3v) is 2.33. The number of nitrogens with two attached hydrogens (primary N) is 1. The summed E-state index contributed by atoms with van der Waals surface area (Å²) in [6, 6.07) is 7.83. The Morgan fingerprint density at radius 2 is 2.24 bits per heavy atom. The van der Waals surface area contributed by atoms with Gasteiger partial charge in [-0.3, -0.25) is 4.79 Å². The van der Waals surface area contributed by atoms with Gasteiger partial charge in [-0.2, -0.15) is 0 Å². The van der Waals surface area contributed by atoms with Gasteiger partial charge in [-0.25, -0.2) is 0 Å². The number of hydrogen-bond acceptors (Lipinski definition) is 3. The highest BCUT2D eigenvalue weighted by Crippen LogP contribution is 2.18. The van der Waals surface area contributed by atoms with E-state index >= 15 is 0 Å². The zero-order chi connectivity index (χ0) is 12.7. The highest BCUT2D eigenvalue weighted by Gasteiger charge is 2.04. The molecule has 0 aliphatic carbocycles. The summed E-state index contributed by atoms with van der Waals surface area (Å²) >= 11 is 0. The van der Waals surface area contributed by atoms with Crippen LogP contribution < -0.4 is 11.1 Å². The van der Waals surface area contributed by atoms with Crippen molar-refractivity contribution in [3.05, 3.63) is 29.8 Å². The number of nitrogens with one attached hydrogen (secondary N) is 1. The number of benzene rings is 1. The van der Waals surface area contributed by atoms with Crippen molar-refractivity contribution in [2.45, 2.75) is 19.8 Å². The monoisotopic (exact) mass is 236 g/mol. The molecule has 0 spiro atoms. The first kappa shape index (κ1) is 13.7. The van der Waals surface area contributed by atoms with Crippen molar-refractivity contribution in [3.63, 3.8) is 0 Å². The second-order valence-electron chi connectivity index (χ2n) is 4.17. The van der Waals surface area contributed by atoms with Gasteiger partial charge >= 0.3 is 0 Å². The van der Waals surface area contributed by atoms with Crippen LogP contribution in [0.3, 0.4) is 0 Å². The third-order valence-electron chi connectivity index (χ3n) is 2.33. The summed E-state index contributed by atoms with van der Waals surface area (Å²) < 4.78 is 5.06. The predicted octanol–water partition coefficient (Wildman–Crippen LogP) is 1.72. The minimum absolute atomic E-state index is 0.0447. The molecule has 1 aromatic rings. The Bertz CT molecular complexity index is 364.